The maximum atomic E-state index is 14.3. The smallest absolute Gasteiger partial charge is 0.418 e. The number of amides is 4. The molecular weight excluding hydrogens is 1060 g/mol. The van der Waals surface area contributed by atoms with Crippen molar-refractivity contribution in [2.45, 2.75) is 91.5 Å². The number of rotatable bonds is 8. The highest BCUT2D eigenvalue weighted by Crippen LogP contribution is 2.49. The van der Waals surface area contributed by atoms with Crippen LogP contribution in [0, 0.1) is 0 Å². The Morgan fingerprint density at radius 2 is 1.05 bits per heavy atom. The molecule has 6 aromatic heterocycles. The van der Waals surface area contributed by atoms with Crippen molar-refractivity contribution < 1.29 is 28.7 Å². The lowest BCUT2D eigenvalue weighted by Crippen LogP contribution is -2.50. The third-order valence-electron chi connectivity index (χ3n) is 15.8. The molecule has 84 heavy (non-hydrogen) atoms. The number of hydrogen-bond donors (Lipinski definition) is 4. The molecule has 12 rings (SSSR count). The summed E-state index contributed by atoms with van der Waals surface area (Å²) in [7, 11) is 3.93. The number of imide groups is 1. The van der Waals surface area contributed by atoms with Crippen LogP contribution in [0.1, 0.15) is 101 Å². The number of hydrogen-bond acceptors (Lipinski definition) is 15. The van der Waals surface area contributed by atoms with E-state index in [4.69, 9.17) is 9.47 Å². The van der Waals surface area contributed by atoms with Gasteiger partial charge in [-0.3, -0.25) is 9.59 Å². The fraction of sp³-hybridized carbons (Fsp3) is 0.375. The summed E-state index contributed by atoms with van der Waals surface area (Å²) in [5.41, 5.74) is 8.79. The molecule has 4 amide bonds. The van der Waals surface area contributed by atoms with Crippen LogP contribution in [-0.2, 0) is 34.6 Å². The molecule has 2 fully saturated rings. The number of nitrogens with zero attached hydrogens (tertiary/aromatic N) is 10. The van der Waals surface area contributed by atoms with Crippen LogP contribution in [0.2, 0.25) is 0 Å². The molecule has 4 aliphatic rings. The third kappa shape index (κ3) is 10.9. The van der Waals surface area contributed by atoms with Gasteiger partial charge in [-0.15, -0.1) is 0 Å². The molecule has 436 valence electrons. The van der Waals surface area contributed by atoms with Crippen LogP contribution in [0.25, 0.3) is 44.3 Å². The summed E-state index contributed by atoms with van der Waals surface area (Å²) in [4.78, 5) is 79.5. The zero-order valence-corrected chi connectivity index (χ0v) is 50.0. The summed E-state index contributed by atoms with van der Waals surface area (Å²) in [6.45, 7) is 25.1. The number of piperazine rings is 2. The van der Waals surface area contributed by atoms with Crippen molar-refractivity contribution >= 4 is 80.5 Å². The zero-order valence-electron chi connectivity index (χ0n) is 50.0. The van der Waals surface area contributed by atoms with Gasteiger partial charge in [0.2, 0.25) is 0 Å². The molecule has 0 bridgehead atoms. The molecule has 0 saturated carbocycles. The van der Waals surface area contributed by atoms with Crippen LogP contribution < -0.4 is 31.1 Å². The molecule has 20 nitrogen and oxygen atoms in total. The number of carbonyl (C=O) groups is 4. The van der Waals surface area contributed by atoms with E-state index >= 15 is 0 Å². The summed E-state index contributed by atoms with van der Waals surface area (Å²) in [6, 6.07) is 23.9. The topological polar surface area (TPSA) is 209 Å². The maximum Gasteiger partial charge on any atom is 0.418 e. The van der Waals surface area contributed by atoms with E-state index in [1.807, 2.05) is 151 Å². The Morgan fingerprint density at radius 3 is 1.55 bits per heavy atom. The minimum atomic E-state index is -1.04. The van der Waals surface area contributed by atoms with Crippen molar-refractivity contribution in [3.63, 3.8) is 0 Å². The summed E-state index contributed by atoms with van der Waals surface area (Å²) in [5, 5.41) is 15.3. The van der Waals surface area contributed by atoms with E-state index in [2.05, 4.69) is 69.2 Å². The molecule has 10 heterocycles. The largest absolute Gasteiger partial charge is 0.444 e. The number of benzene rings is 2. The first-order valence-corrected chi connectivity index (χ1v) is 28.6. The standard InChI is InChI=1S/C37H45N7O5.C27H29N7O/c1-35(2,3)48-33(46)43-20-18-42(19-21-43)23-10-13-28(39-22-23)40-27-12-11-25(24-14-16-38-31-26(24)15-17-41(31)9)30-29(27)32(45)44(37(30,7)8)34(47)49-36(4,5)6;1-27(2)24-19(18-8-10-29-25-20(18)9-13-33(25)3)5-6-21(23(24)26(35)32-27)31-22-7-4-17(16-30-22)34-14-11-28-12-15-34/h10-17,22H,18-21H2,1-9H3,(H,39,40);4-10,13,16,28H,11-12,14-15H2,1-3H3,(H,30,31)(H,32,35). The van der Waals surface area contributed by atoms with Gasteiger partial charge in [-0.1, -0.05) is 12.1 Å². The predicted octanol–water partition coefficient (Wildman–Crippen LogP) is 10.8. The lowest BCUT2D eigenvalue weighted by Gasteiger charge is -2.36. The predicted molar refractivity (Wildman–Crippen MR) is 328 cm³/mol. The fourth-order valence-corrected chi connectivity index (χ4v) is 11.9. The molecule has 4 N–H and O–H groups in total. The van der Waals surface area contributed by atoms with Gasteiger partial charge in [0.25, 0.3) is 11.8 Å². The first-order valence-electron chi connectivity index (χ1n) is 28.6. The van der Waals surface area contributed by atoms with Crippen molar-refractivity contribution in [1.29, 1.82) is 0 Å². The number of ether oxygens (including phenoxy) is 2. The second-order valence-corrected chi connectivity index (χ2v) is 24.9. The minimum absolute atomic E-state index is 0.0786. The molecule has 2 aromatic carbocycles. The summed E-state index contributed by atoms with van der Waals surface area (Å²) >= 11 is 0. The van der Waals surface area contributed by atoms with Crippen LogP contribution in [0.15, 0.2) is 110 Å². The van der Waals surface area contributed by atoms with Crippen molar-refractivity contribution in [3.05, 3.63) is 132 Å². The van der Waals surface area contributed by atoms with Crippen LogP contribution in [0.5, 0.6) is 0 Å². The van der Waals surface area contributed by atoms with Gasteiger partial charge in [-0.2, -0.15) is 0 Å². The SMILES string of the molecule is Cn1ccc2c(-c3ccc(Nc4ccc(N5CCN(C(=O)OC(C)(C)C)CC5)cn4)c4c3C(C)(C)N(C(=O)OC(C)(C)C)C4=O)ccnc21.Cn1ccc2c(-c3ccc(Nc4ccc(N5CCNCC5)cn4)c4c3C(C)(C)NC4=O)ccnc21. The molecule has 0 radical (unpaired) electrons. The van der Waals surface area contributed by atoms with E-state index in [9.17, 15) is 19.2 Å². The van der Waals surface area contributed by atoms with Crippen LogP contribution in [0.3, 0.4) is 0 Å². The van der Waals surface area contributed by atoms with Crippen molar-refractivity contribution in [1.82, 2.24) is 49.5 Å². The van der Waals surface area contributed by atoms with E-state index < -0.39 is 34.3 Å². The van der Waals surface area contributed by atoms with Crippen LogP contribution in [-0.4, -0.2) is 126 Å². The van der Waals surface area contributed by atoms with E-state index in [0.29, 0.717) is 60.2 Å². The van der Waals surface area contributed by atoms with Gasteiger partial charge in [0.05, 0.1) is 57.3 Å². The normalized spacial score (nSPS) is 16.5. The maximum absolute atomic E-state index is 14.3. The Balaban J connectivity index is 0.000000185. The fourth-order valence-electron chi connectivity index (χ4n) is 11.9. The first-order chi connectivity index (χ1) is 39.9. The first kappa shape index (κ1) is 56.8. The number of aromatic nitrogens is 6. The lowest BCUT2D eigenvalue weighted by atomic mass is 9.85. The second-order valence-electron chi connectivity index (χ2n) is 24.9. The van der Waals surface area contributed by atoms with Gasteiger partial charge < -0.3 is 54.6 Å². The number of carbonyl (C=O) groups excluding carboxylic acids is 4. The van der Waals surface area contributed by atoms with E-state index in [1.165, 1.54) is 4.90 Å². The minimum Gasteiger partial charge on any atom is -0.444 e. The van der Waals surface area contributed by atoms with Gasteiger partial charge in [-0.25, -0.2) is 34.4 Å². The molecule has 8 aromatic rings. The lowest BCUT2D eigenvalue weighted by molar-refractivity contribution is 0.00927. The number of anilines is 6. The highest BCUT2D eigenvalue weighted by Gasteiger charge is 2.51. The summed E-state index contributed by atoms with van der Waals surface area (Å²) in [5.74, 6) is 0.731. The van der Waals surface area contributed by atoms with Gasteiger partial charge in [0.15, 0.2) is 0 Å². The number of aryl methyl sites for hydroxylation is 2. The monoisotopic (exact) mass is 1130 g/mol. The zero-order chi connectivity index (χ0) is 59.6. The molecule has 2 saturated heterocycles. The van der Waals surface area contributed by atoms with Crippen LogP contribution in [0.4, 0.5) is 44.0 Å². The van der Waals surface area contributed by atoms with Gasteiger partial charge in [0.1, 0.15) is 34.1 Å². The third-order valence-corrected chi connectivity index (χ3v) is 15.8. The van der Waals surface area contributed by atoms with Crippen molar-refractivity contribution in [3.8, 4) is 22.3 Å². The molecule has 0 unspecified atom stereocenters. The Labute approximate surface area is 489 Å². The molecule has 0 atom stereocenters. The van der Waals surface area contributed by atoms with Crippen molar-refractivity contribution in [2.75, 3.05) is 72.8 Å². The van der Waals surface area contributed by atoms with Gasteiger partial charge >= 0.3 is 12.2 Å². The molecular formula is C64H74N14O6. The van der Waals surface area contributed by atoms with Gasteiger partial charge in [-0.05, 0) is 158 Å². The second kappa shape index (κ2) is 21.6. The van der Waals surface area contributed by atoms with E-state index in [1.54, 1.807) is 38.1 Å². The average Bonchev–Trinajstić information content (AvgIpc) is 3.50. The van der Waals surface area contributed by atoms with E-state index in [-0.39, 0.29) is 12.0 Å². The van der Waals surface area contributed by atoms with E-state index in [0.717, 1.165) is 93.1 Å². The summed E-state index contributed by atoms with van der Waals surface area (Å²) in [6.07, 6.45) is 10.2. The van der Waals surface area contributed by atoms with Crippen molar-refractivity contribution in [2.24, 2.45) is 14.1 Å². The van der Waals surface area contributed by atoms with Crippen LogP contribution >= 0.6 is 0 Å². The number of fused-ring (bicyclic) bond motifs is 4. The Kier molecular flexibility index (Phi) is 14.6. The molecule has 20 heteroatoms. The quantitative estimate of drug-likeness (QED) is 0.112. The summed E-state index contributed by atoms with van der Waals surface area (Å²) < 4.78 is 15.2. The molecule has 4 aliphatic heterocycles. The number of nitrogens with one attached hydrogen (secondary N) is 4. The molecule has 0 spiro atoms. The molecule has 0 aliphatic carbocycles. The average molecular weight is 1140 g/mol. The number of pyridine rings is 4. The van der Waals surface area contributed by atoms with Gasteiger partial charge in [0, 0.05) is 108 Å². The highest BCUT2D eigenvalue weighted by atomic mass is 16.6. The Hall–Kier alpha value is -9.04. The highest BCUT2D eigenvalue weighted by molar-refractivity contribution is 6.14. The Morgan fingerprint density at radius 1 is 0.560 bits per heavy atom. The Bertz CT molecular complexity index is 3860.